The molecule has 14 heavy (non-hydrogen) atoms. The van der Waals surface area contributed by atoms with Crippen LogP contribution in [0.5, 0.6) is 0 Å². The lowest BCUT2D eigenvalue weighted by Gasteiger charge is -2.18. The topological polar surface area (TPSA) is 12.0 Å². The predicted molar refractivity (Wildman–Crippen MR) is 56.7 cm³/mol. The van der Waals surface area contributed by atoms with Gasteiger partial charge in [-0.05, 0) is 31.7 Å². The molecular formula is C10H12BrF2N. The predicted octanol–water partition coefficient (Wildman–Crippen LogP) is 3.07. The first-order chi connectivity index (χ1) is 6.47. The van der Waals surface area contributed by atoms with Gasteiger partial charge in [0.15, 0.2) is 0 Å². The number of hydrogen-bond acceptors (Lipinski definition) is 1. The van der Waals surface area contributed by atoms with E-state index in [2.05, 4.69) is 21.2 Å². The summed E-state index contributed by atoms with van der Waals surface area (Å²) in [7, 11) is 1.52. The van der Waals surface area contributed by atoms with Gasteiger partial charge < -0.3 is 5.32 Å². The van der Waals surface area contributed by atoms with Crippen molar-refractivity contribution in [1.29, 1.82) is 0 Å². The number of likely N-dealkylation sites (N-methyl/N-ethyl adjacent to an activating group) is 1. The number of hydrogen-bond donors (Lipinski definition) is 1. The Bertz CT molecular complexity index is 326. The Labute approximate surface area is 90.6 Å². The van der Waals surface area contributed by atoms with Crippen molar-refractivity contribution in [2.75, 3.05) is 13.6 Å². The average molecular weight is 264 g/mol. The fourth-order valence-corrected chi connectivity index (χ4v) is 1.67. The Morgan fingerprint density at radius 2 is 2.07 bits per heavy atom. The van der Waals surface area contributed by atoms with Crippen LogP contribution in [0.1, 0.15) is 11.1 Å². The van der Waals surface area contributed by atoms with Crippen molar-refractivity contribution in [3.63, 3.8) is 0 Å². The lowest BCUT2D eigenvalue weighted by molar-refractivity contribution is -0.00191. The molecule has 1 nitrogen and oxygen atoms in total. The van der Waals surface area contributed by atoms with E-state index < -0.39 is 5.92 Å². The molecule has 1 aromatic rings. The normalized spacial score (nSPS) is 11.8. The van der Waals surface area contributed by atoms with E-state index in [-0.39, 0.29) is 12.1 Å². The second-order valence-corrected chi connectivity index (χ2v) is 4.11. The first-order valence-electron chi connectivity index (χ1n) is 4.26. The van der Waals surface area contributed by atoms with E-state index in [4.69, 9.17) is 0 Å². The van der Waals surface area contributed by atoms with Gasteiger partial charge in [0.2, 0.25) is 0 Å². The summed E-state index contributed by atoms with van der Waals surface area (Å²) in [5, 5.41) is 2.49. The zero-order valence-corrected chi connectivity index (χ0v) is 9.66. The molecule has 0 unspecified atom stereocenters. The minimum Gasteiger partial charge on any atom is -0.314 e. The zero-order chi connectivity index (χ0) is 10.8. The Hall–Kier alpha value is -0.480. The van der Waals surface area contributed by atoms with Gasteiger partial charge in [-0.25, -0.2) is 0 Å². The maximum Gasteiger partial charge on any atom is 0.285 e. The molecule has 0 amide bonds. The number of nitrogens with one attached hydrogen (secondary N) is 1. The monoisotopic (exact) mass is 263 g/mol. The van der Waals surface area contributed by atoms with Crippen molar-refractivity contribution in [2.24, 2.45) is 0 Å². The van der Waals surface area contributed by atoms with E-state index in [9.17, 15) is 8.78 Å². The van der Waals surface area contributed by atoms with Crippen LogP contribution in [0.25, 0.3) is 0 Å². The highest BCUT2D eigenvalue weighted by atomic mass is 79.9. The smallest absolute Gasteiger partial charge is 0.285 e. The van der Waals surface area contributed by atoms with Crippen LogP contribution in [0, 0.1) is 6.92 Å². The zero-order valence-electron chi connectivity index (χ0n) is 8.07. The summed E-state index contributed by atoms with van der Waals surface area (Å²) in [6.07, 6.45) is 0. The first kappa shape index (κ1) is 11.6. The first-order valence-corrected chi connectivity index (χ1v) is 5.06. The quantitative estimate of drug-likeness (QED) is 0.884. The second-order valence-electron chi connectivity index (χ2n) is 3.19. The molecule has 0 heterocycles. The van der Waals surface area contributed by atoms with Gasteiger partial charge in [-0.2, -0.15) is 8.78 Å². The van der Waals surface area contributed by atoms with Crippen LogP contribution in [-0.4, -0.2) is 13.6 Å². The summed E-state index contributed by atoms with van der Waals surface area (Å²) in [5.74, 6) is -2.82. The highest BCUT2D eigenvalue weighted by Gasteiger charge is 2.32. The van der Waals surface area contributed by atoms with Gasteiger partial charge in [0, 0.05) is 10.0 Å². The van der Waals surface area contributed by atoms with Crippen LogP contribution in [-0.2, 0) is 5.92 Å². The van der Waals surface area contributed by atoms with Crippen molar-refractivity contribution >= 4 is 15.9 Å². The molecule has 1 rings (SSSR count). The van der Waals surface area contributed by atoms with E-state index in [0.717, 1.165) is 0 Å². The highest BCUT2D eigenvalue weighted by molar-refractivity contribution is 9.10. The molecule has 0 aliphatic heterocycles. The lowest BCUT2D eigenvalue weighted by Crippen LogP contribution is -2.28. The second kappa shape index (κ2) is 4.36. The van der Waals surface area contributed by atoms with Gasteiger partial charge in [-0.1, -0.05) is 22.0 Å². The summed E-state index contributed by atoms with van der Waals surface area (Å²) in [4.78, 5) is 0. The molecule has 78 valence electrons. The van der Waals surface area contributed by atoms with Gasteiger partial charge in [0.05, 0.1) is 6.54 Å². The van der Waals surface area contributed by atoms with E-state index in [0.29, 0.717) is 10.0 Å². The van der Waals surface area contributed by atoms with Crippen LogP contribution < -0.4 is 5.32 Å². The molecule has 4 heteroatoms. The number of aryl methyl sites for hydroxylation is 1. The largest absolute Gasteiger partial charge is 0.314 e. The molecule has 0 bridgehead atoms. The van der Waals surface area contributed by atoms with Gasteiger partial charge in [0.25, 0.3) is 5.92 Å². The Morgan fingerprint density at radius 3 is 2.64 bits per heavy atom. The number of rotatable bonds is 3. The van der Waals surface area contributed by atoms with Gasteiger partial charge in [0.1, 0.15) is 0 Å². The van der Waals surface area contributed by atoms with E-state index >= 15 is 0 Å². The minimum absolute atomic E-state index is 0.0706. The van der Waals surface area contributed by atoms with Crippen molar-refractivity contribution in [1.82, 2.24) is 5.32 Å². The van der Waals surface area contributed by atoms with Crippen molar-refractivity contribution < 1.29 is 8.78 Å². The average Bonchev–Trinajstić information content (AvgIpc) is 2.09. The van der Waals surface area contributed by atoms with E-state index in [1.165, 1.54) is 13.1 Å². The standard InChI is InChI=1S/C10H12BrF2N/c1-7-3-4-8(11)5-9(7)10(12,13)6-14-2/h3-5,14H,6H2,1-2H3. The molecule has 0 spiro atoms. The Kier molecular flexibility index (Phi) is 3.61. The van der Waals surface area contributed by atoms with E-state index in [1.54, 1.807) is 19.1 Å². The number of benzene rings is 1. The fourth-order valence-electron chi connectivity index (χ4n) is 1.31. The summed E-state index contributed by atoms with van der Waals surface area (Å²) < 4.78 is 27.7. The highest BCUT2D eigenvalue weighted by Crippen LogP contribution is 2.31. The van der Waals surface area contributed by atoms with Gasteiger partial charge in [-0.3, -0.25) is 0 Å². The van der Waals surface area contributed by atoms with Gasteiger partial charge >= 0.3 is 0 Å². The summed E-state index contributed by atoms with van der Waals surface area (Å²) in [6, 6.07) is 4.91. The van der Waals surface area contributed by atoms with E-state index in [1.807, 2.05) is 0 Å². The molecule has 0 aliphatic carbocycles. The lowest BCUT2D eigenvalue weighted by atomic mass is 10.0. The van der Waals surface area contributed by atoms with Crippen LogP contribution in [0.2, 0.25) is 0 Å². The maximum absolute atomic E-state index is 13.5. The van der Waals surface area contributed by atoms with Crippen molar-refractivity contribution in [3.8, 4) is 0 Å². The third kappa shape index (κ3) is 2.51. The van der Waals surface area contributed by atoms with Crippen LogP contribution in [0.15, 0.2) is 22.7 Å². The number of alkyl halides is 2. The maximum atomic E-state index is 13.5. The minimum atomic E-state index is -2.82. The van der Waals surface area contributed by atoms with Crippen LogP contribution in [0.4, 0.5) is 8.78 Å². The summed E-state index contributed by atoms with van der Waals surface area (Å²) in [5.41, 5.74) is 0.676. The molecule has 0 aromatic heterocycles. The number of halogens is 3. The fraction of sp³-hybridized carbons (Fsp3) is 0.400. The summed E-state index contributed by atoms with van der Waals surface area (Å²) >= 11 is 3.19. The van der Waals surface area contributed by atoms with Crippen molar-refractivity contribution in [2.45, 2.75) is 12.8 Å². The Balaban J connectivity index is 3.10. The molecule has 0 fully saturated rings. The van der Waals surface area contributed by atoms with Crippen LogP contribution >= 0.6 is 15.9 Å². The SMILES string of the molecule is CNCC(F)(F)c1cc(Br)ccc1C. The molecule has 0 aliphatic rings. The molecule has 0 atom stereocenters. The van der Waals surface area contributed by atoms with Crippen LogP contribution in [0.3, 0.4) is 0 Å². The molecule has 0 saturated carbocycles. The molecule has 1 N–H and O–H groups in total. The van der Waals surface area contributed by atoms with Gasteiger partial charge in [-0.15, -0.1) is 0 Å². The third-order valence-electron chi connectivity index (χ3n) is 1.99. The molecule has 0 saturated heterocycles. The summed E-state index contributed by atoms with van der Waals surface area (Å²) in [6.45, 7) is 1.34. The third-order valence-corrected chi connectivity index (χ3v) is 2.49. The van der Waals surface area contributed by atoms with Crippen molar-refractivity contribution in [3.05, 3.63) is 33.8 Å². The molecule has 1 aromatic carbocycles. The molecule has 0 radical (unpaired) electrons. The molecular weight excluding hydrogens is 252 g/mol. The Morgan fingerprint density at radius 1 is 1.43 bits per heavy atom.